The summed E-state index contributed by atoms with van der Waals surface area (Å²) >= 11 is 0. The molecule has 1 saturated heterocycles. The Kier molecular flexibility index (Phi) is 12.4. The standard InChI is InChI=1S/C20H33N3O3.HI/c1-4-21-20(22-14-17(2)26-19-8-6-5-7-9-19)23-11-10-18(15-23)16-25-13-12-24-3;/h5-9,17-18H,4,10-16H2,1-3H3,(H,21,22);1H. The number of rotatable bonds is 10. The minimum atomic E-state index is 0. The maximum atomic E-state index is 5.92. The highest BCUT2D eigenvalue weighted by atomic mass is 127. The van der Waals surface area contributed by atoms with Gasteiger partial charge in [-0.05, 0) is 32.4 Å². The van der Waals surface area contributed by atoms with E-state index in [1.165, 1.54) is 0 Å². The monoisotopic (exact) mass is 491 g/mol. The Morgan fingerprint density at radius 2 is 2.07 bits per heavy atom. The molecule has 1 aliphatic rings. The normalized spacial score (nSPS) is 18.1. The molecule has 27 heavy (non-hydrogen) atoms. The van der Waals surface area contributed by atoms with Crippen molar-refractivity contribution in [1.82, 2.24) is 10.2 Å². The Morgan fingerprint density at radius 1 is 1.30 bits per heavy atom. The third kappa shape index (κ3) is 9.12. The number of hydrogen-bond acceptors (Lipinski definition) is 4. The third-order valence-corrected chi connectivity index (χ3v) is 4.28. The van der Waals surface area contributed by atoms with E-state index in [-0.39, 0.29) is 30.1 Å². The van der Waals surface area contributed by atoms with Crippen molar-refractivity contribution in [1.29, 1.82) is 0 Å². The van der Waals surface area contributed by atoms with Crippen molar-refractivity contribution in [3.8, 4) is 5.75 Å². The van der Waals surface area contributed by atoms with Crippen molar-refractivity contribution >= 4 is 29.9 Å². The molecule has 0 amide bonds. The quantitative estimate of drug-likeness (QED) is 0.236. The first-order chi connectivity index (χ1) is 12.7. The topological polar surface area (TPSA) is 55.3 Å². The molecule has 0 aliphatic carbocycles. The average molecular weight is 491 g/mol. The summed E-state index contributed by atoms with van der Waals surface area (Å²) in [5, 5.41) is 3.40. The Morgan fingerprint density at radius 3 is 2.78 bits per heavy atom. The van der Waals surface area contributed by atoms with Gasteiger partial charge in [0.05, 0.1) is 26.4 Å². The number of para-hydroxylation sites is 1. The molecule has 1 N–H and O–H groups in total. The zero-order valence-electron chi connectivity index (χ0n) is 16.7. The molecule has 1 aromatic rings. The van der Waals surface area contributed by atoms with Gasteiger partial charge in [0.25, 0.3) is 0 Å². The number of hydrogen-bond donors (Lipinski definition) is 1. The van der Waals surface area contributed by atoms with Crippen molar-refractivity contribution in [2.75, 3.05) is 53.1 Å². The molecule has 1 aliphatic heterocycles. The van der Waals surface area contributed by atoms with E-state index in [2.05, 4.69) is 24.1 Å². The summed E-state index contributed by atoms with van der Waals surface area (Å²) in [5.74, 6) is 2.40. The summed E-state index contributed by atoms with van der Waals surface area (Å²) in [6.07, 6.45) is 1.16. The van der Waals surface area contributed by atoms with Gasteiger partial charge in [0.1, 0.15) is 11.9 Å². The average Bonchev–Trinajstić information content (AvgIpc) is 3.12. The van der Waals surface area contributed by atoms with Crippen molar-refractivity contribution in [2.45, 2.75) is 26.4 Å². The van der Waals surface area contributed by atoms with Crippen LogP contribution in [0.3, 0.4) is 0 Å². The molecule has 2 atom stereocenters. The van der Waals surface area contributed by atoms with Gasteiger partial charge in [0.15, 0.2) is 5.96 Å². The van der Waals surface area contributed by atoms with E-state index in [1.807, 2.05) is 30.3 Å². The molecule has 0 spiro atoms. The van der Waals surface area contributed by atoms with Crippen LogP contribution < -0.4 is 10.1 Å². The molecule has 0 aromatic heterocycles. The Bertz CT molecular complexity index is 530. The van der Waals surface area contributed by atoms with Crippen LogP contribution in [0.1, 0.15) is 20.3 Å². The predicted molar refractivity (Wildman–Crippen MR) is 120 cm³/mol. The van der Waals surface area contributed by atoms with Gasteiger partial charge in [-0.25, -0.2) is 4.99 Å². The van der Waals surface area contributed by atoms with Crippen LogP contribution in [0.5, 0.6) is 5.75 Å². The van der Waals surface area contributed by atoms with E-state index in [0.717, 1.165) is 44.4 Å². The second kappa shape index (κ2) is 14.0. The molecule has 154 valence electrons. The molecule has 1 aromatic carbocycles. The highest BCUT2D eigenvalue weighted by molar-refractivity contribution is 14.0. The van der Waals surface area contributed by atoms with Crippen molar-refractivity contribution in [3.05, 3.63) is 30.3 Å². The lowest BCUT2D eigenvalue weighted by Gasteiger charge is -2.22. The van der Waals surface area contributed by atoms with Gasteiger partial charge in [-0.3, -0.25) is 0 Å². The summed E-state index contributed by atoms with van der Waals surface area (Å²) in [4.78, 5) is 7.10. The number of halogens is 1. The third-order valence-electron chi connectivity index (χ3n) is 4.28. The van der Waals surface area contributed by atoms with E-state index in [0.29, 0.717) is 25.7 Å². The number of nitrogens with one attached hydrogen (secondary N) is 1. The lowest BCUT2D eigenvalue weighted by molar-refractivity contribution is 0.0536. The van der Waals surface area contributed by atoms with E-state index in [1.54, 1.807) is 7.11 Å². The van der Waals surface area contributed by atoms with E-state index < -0.39 is 0 Å². The fraction of sp³-hybridized carbons (Fsp3) is 0.650. The Labute approximate surface area is 180 Å². The molecule has 1 fully saturated rings. The largest absolute Gasteiger partial charge is 0.489 e. The first-order valence-corrected chi connectivity index (χ1v) is 9.54. The SMILES string of the molecule is CCNC(=NCC(C)Oc1ccccc1)N1CCC(COCCOC)C1.I. The maximum absolute atomic E-state index is 5.92. The zero-order valence-corrected chi connectivity index (χ0v) is 19.1. The fourth-order valence-electron chi connectivity index (χ4n) is 2.96. The number of ether oxygens (including phenoxy) is 3. The van der Waals surface area contributed by atoms with Gasteiger partial charge in [0.2, 0.25) is 0 Å². The van der Waals surface area contributed by atoms with Crippen LogP contribution in [0.2, 0.25) is 0 Å². The first-order valence-electron chi connectivity index (χ1n) is 9.54. The molecule has 6 nitrogen and oxygen atoms in total. The fourth-order valence-corrected chi connectivity index (χ4v) is 2.96. The van der Waals surface area contributed by atoms with Gasteiger partial charge in [0, 0.05) is 32.7 Å². The minimum Gasteiger partial charge on any atom is -0.489 e. The zero-order chi connectivity index (χ0) is 18.6. The van der Waals surface area contributed by atoms with Crippen molar-refractivity contribution in [2.24, 2.45) is 10.9 Å². The van der Waals surface area contributed by atoms with Gasteiger partial charge < -0.3 is 24.4 Å². The summed E-state index contributed by atoms with van der Waals surface area (Å²) in [6, 6.07) is 9.89. The van der Waals surface area contributed by atoms with E-state index in [4.69, 9.17) is 19.2 Å². The van der Waals surface area contributed by atoms with Crippen molar-refractivity contribution < 1.29 is 14.2 Å². The number of methoxy groups -OCH3 is 1. The molecule has 2 rings (SSSR count). The van der Waals surface area contributed by atoms with Crippen LogP contribution in [-0.4, -0.2) is 70.1 Å². The number of aliphatic imine (C=N–C) groups is 1. The Balaban J connectivity index is 0.00000364. The van der Waals surface area contributed by atoms with Gasteiger partial charge in [-0.1, -0.05) is 18.2 Å². The smallest absolute Gasteiger partial charge is 0.194 e. The summed E-state index contributed by atoms with van der Waals surface area (Å²) in [5.41, 5.74) is 0. The van der Waals surface area contributed by atoms with E-state index >= 15 is 0 Å². The number of likely N-dealkylation sites (tertiary alicyclic amines) is 1. The number of guanidine groups is 1. The summed E-state index contributed by atoms with van der Waals surface area (Å²) < 4.78 is 16.6. The maximum Gasteiger partial charge on any atom is 0.194 e. The molecular weight excluding hydrogens is 457 g/mol. The molecule has 2 unspecified atom stereocenters. The molecule has 0 radical (unpaired) electrons. The number of nitrogens with zero attached hydrogens (tertiary/aromatic N) is 2. The van der Waals surface area contributed by atoms with Crippen LogP contribution in [0, 0.1) is 5.92 Å². The summed E-state index contributed by atoms with van der Waals surface area (Å²) in [6.45, 7) is 9.73. The lowest BCUT2D eigenvalue weighted by Crippen LogP contribution is -2.41. The molecule has 0 saturated carbocycles. The number of benzene rings is 1. The highest BCUT2D eigenvalue weighted by Crippen LogP contribution is 2.17. The van der Waals surface area contributed by atoms with Crippen LogP contribution in [-0.2, 0) is 9.47 Å². The second-order valence-corrected chi connectivity index (χ2v) is 6.60. The predicted octanol–water partition coefficient (Wildman–Crippen LogP) is 3.02. The van der Waals surface area contributed by atoms with Gasteiger partial charge in [-0.2, -0.15) is 0 Å². The van der Waals surface area contributed by atoms with Crippen LogP contribution in [0.25, 0.3) is 0 Å². The molecular formula is C20H34IN3O3. The van der Waals surface area contributed by atoms with Crippen LogP contribution in [0.15, 0.2) is 35.3 Å². The van der Waals surface area contributed by atoms with E-state index in [9.17, 15) is 0 Å². The minimum absolute atomic E-state index is 0. The molecule has 7 heteroatoms. The van der Waals surface area contributed by atoms with Gasteiger partial charge >= 0.3 is 0 Å². The Hall–Kier alpha value is -1.06. The summed E-state index contributed by atoms with van der Waals surface area (Å²) in [7, 11) is 1.70. The van der Waals surface area contributed by atoms with Crippen molar-refractivity contribution in [3.63, 3.8) is 0 Å². The molecule has 1 heterocycles. The van der Waals surface area contributed by atoms with Gasteiger partial charge in [-0.15, -0.1) is 24.0 Å². The first kappa shape index (κ1) is 24.0. The van der Waals surface area contributed by atoms with Crippen LogP contribution in [0.4, 0.5) is 0 Å². The highest BCUT2D eigenvalue weighted by Gasteiger charge is 2.25. The molecule has 0 bridgehead atoms. The lowest BCUT2D eigenvalue weighted by atomic mass is 10.1. The second-order valence-electron chi connectivity index (χ2n) is 6.60. The van der Waals surface area contributed by atoms with Crippen LogP contribution >= 0.6 is 24.0 Å².